The lowest BCUT2D eigenvalue weighted by Gasteiger charge is -2.23. The lowest BCUT2D eigenvalue weighted by atomic mass is 9.87. The van der Waals surface area contributed by atoms with Gasteiger partial charge in [0, 0.05) is 30.7 Å². The van der Waals surface area contributed by atoms with Gasteiger partial charge in [0.2, 0.25) is 0 Å². The van der Waals surface area contributed by atoms with E-state index in [1.165, 1.54) is 6.21 Å². The van der Waals surface area contributed by atoms with Gasteiger partial charge < -0.3 is 10.7 Å². The van der Waals surface area contributed by atoms with Crippen LogP contribution in [0.5, 0.6) is 0 Å². The van der Waals surface area contributed by atoms with Crippen LogP contribution in [-0.4, -0.2) is 24.1 Å². The summed E-state index contributed by atoms with van der Waals surface area (Å²) in [6.45, 7) is 5.80. The molecule has 1 unspecified atom stereocenters. The third-order valence-corrected chi connectivity index (χ3v) is 5.09. The van der Waals surface area contributed by atoms with Gasteiger partial charge in [-0.05, 0) is 61.1 Å². The number of amides is 1. The summed E-state index contributed by atoms with van der Waals surface area (Å²) in [5.41, 5.74) is 4.28. The number of carbonyl (C=O) groups is 1. The van der Waals surface area contributed by atoms with E-state index >= 15 is 0 Å². The Labute approximate surface area is 177 Å². The zero-order valence-corrected chi connectivity index (χ0v) is 17.8. The van der Waals surface area contributed by atoms with Crippen molar-refractivity contribution in [3.8, 4) is 0 Å². The van der Waals surface area contributed by atoms with Gasteiger partial charge in [-0.1, -0.05) is 49.4 Å². The fourth-order valence-corrected chi connectivity index (χ4v) is 3.36. The van der Waals surface area contributed by atoms with Crippen LogP contribution in [0.2, 0.25) is 0 Å². The summed E-state index contributed by atoms with van der Waals surface area (Å²) >= 11 is 0. The van der Waals surface area contributed by atoms with Gasteiger partial charge in [-0.25, -0.2) is 8.78 Å². The van der Waals surface area contributed by atoms with Gasteiger partial charge in [-0.3, -0.25) is 4.79 Å². The predicted octanol–water partition coefficient (Wildman–Crippen LogP) is 6.26. The van der Waals surface area contributed by atoms with Gasteiger partial charge in [0.05, 0.1) is 0 Å². The van der Waals surface area contributed by atoms with Crippen molar-refractivity contribution in [3.05, 3.63) is 70.8 Å². The maximum absolute atomic E-state index is 13.5. The number of nitrogens with one attached hydrogen (secondary N) is 2. The summed E-state index contributed by atoms with van der Waals surface area (Å²) in [6.07, 6.45) is 12.5. The molecule has 1 amide bonds. The Hall–Kier alpha value is -2.82. The highest BCUT2D eigenvalue weighted by Gasteiger charge is 2.31. The molecular weight excluding hydrogens is 382 g/mol. The third kappa shape index (κ3) is 6.61. The molecule has 1 aliphatic rings. The topological polar surface area (TPSA) is 53.0 Å². The quantitative estimate of drug-likeness (QED) is 0.296. The number of carbonyl (C=O) groups excluding carboxylic acids is 1. The van der Waals surface area contributed by atoms with E-state index < -0.39 is 5.92 Å². The minimum atomic E-state index is -2.62. The number of hydrogen-bond donors (Lipinski definition) is 2. The first kappa shape index (κ1) is 23.5. The summed E-state index contributed by atoms with van der Waals surface area (Å²) in [6, 6.07) is 5.57. The summed E-state index contributed by atoms with van der Waals surface area (Å²) < 4.78 is 27.0. The van der Waals surface area contributed by atoms with Crippen molar-refractivity contribution in [1.82, 2.24) is 5.32 Å². The van der Waals surface area contributed by atoms with E-state index in [-0.39, 0.29) is 24.8 Å². The summed E-state index contributed by atoms with van der Waals surface area (Å²) in [4.78, 5) is 12.8. The molecule has 1 aromatic rings. The van der Waals surface area contributed by atoms with Crippen LogP contribution in [0, 0.1) is 12.3 Å². The van der Waals surface area contributed by atoms with Crippen LogP contribution >= 0.6 is 0 Å². The fraction of sp³-hybridized carbons (Fsp3) is 0.360. The zero-order chi connectivity index (χ0) is 22.1. The van der Waals surface area contributed by atoms with E-state index in [4.69, 9.17) is 5.41 Å². The first-order valence-corrected chi connectivity index (χ1v) is 10.3. The van der Waals surface area contributed by atoms with Crippen molar-refractivity contribution in [2.75, 3.05) is 0 Å². The van der Waals surface area contributed by atoms with Crippen LogP contribution in [0.4, 0.5) is 8.78 Å². The minimum absolute atomic E-state index is 0.133. The van der Waals surface area contributed by atoms with E-state index in [1.54, 1.807) is 24.3 Å². The first-order chi connectivity index (χ1) is 14.3. The molecule has 1 atom stereocenters. The molecule has 1 aromatic carbocycles. The van der Waals surface area contributed by atoms with Crippen LogP contribution in [0.15, 0.2) is 54.2 Å². The van der Waals surface area contributed by atoms with Crippen LogP contribution in [0.1, 0.15) is 56.2 Å². The zero-order valence-electron chi connectivity index (χ0n) is 17.8. The molecule has 0 aliphatic heterocycles. The second-order valence-corrected chi connectivity index (χ2v) is 7.53. The minimum Gasteiger partial charge on any atom is -0.346 e. The molecular formula is C25H30F2N2O. The second-order valence-electron chi connectivity index (χ2n) is 7.53. The Morgan fingerprint density at radius 3 is 2.77 bits per heavy atom. The molecule has 0 bridgehead atoms. The highest BCUT2D eigenvalue weighted by atomic mass is 19.3. The van der Waals surface area contributed by atoms with Gasteiger partial charge in [0.15, 0.2) is 0 Å². The molecule has 3 nitrogen and oxygen atoms in total. The third-order valence-electron chi connectivity index (χ3n) is 5.09. The standard InChI is InChI=1S/C25H30F2N2O/c1-4-5-9-22(24(30)29-18(2)8-7-16-28)17-21-10-6-11-23(19(21)3)20-12-14-25(26,27)15-13-20/h5-12,16-18,28H,4,13-15H2,1-3H3,(H,29,30)/b8-7+,9-5+,22-17+,28-16?. The van der Waals surface area contributed by atoms with Crippen LogP contribution < -0.4 is 5.32 Å². The van der Waals surface area contributed by atoms with Crippen LogP contribution in [0.25, 0.3) is 11.6 Å². The van der Waals surface area contributed by atoms with Crippen LogP contribution in [0.3, 0.4) is 0 Å². The molecule has 2 N–H and O–H groups in total. The molecule has 2 rings (SSSR count). The Bertz CT molecular complexity index is 894. The molecule has 5 heteroatoms. The Balaban J connectivity index is 2.35. The molecule has 0 aromatic heterocycles. The van der Waals surface area contributed by atoms with Crippen molar-refractivity contribution in [2.24, 2.45) is 0 Å². The van der Waals surface area contributed by atoms with Gasteiger partial charge >= 0.3 is 0 Å². The smallest absolute Gasteiger partial charge is 0.251 e. The van der Waals surface area contributed by atoms with Gasteiger partial charge in [-0.15, -0.1) is 0 Å². The highest BCUT2D eigenvalue weighted by molar-refractivity contribution is 6.01. The number of benzene rings is 1. The average Bonchev–Trinajstić information content (AvgIpc) is 2.71. The SMILES string of the molecule is CC/C=C/C(=C\c1cccc(C2=CCC(F)(F)CC2)c1C)C(=O)NC(C)/C=C/C=N. The van der Waals surface area contributed by atoms with E-state index in [0.29, 0.717) is 12.0 Å². The molecule has 1 aliphatic carbocycles. The molecule has 0 fully saturated rings. The number of alkyl halides is 2. The summed E-state index contributed by atoms with van der Waals surface area (Å²) in [5.74, 6) is -2.82. The number of halogens is 2. The number of hydrogen-bond acceptors (Lipinski definition) is 2. The Kier molecular flexibility index (Phi) is 8.46. The van der Waals surface area contributed by atoms with Crippen molar-refractivity contribution in [2.45, 2.75) is 58.4 Å². The van der Waals surface area contributed by atoms with Gasteiger partial charge in [0.1, 0.15) is 0 Å². The maximum atomic E-state index is 13.5. The average molecular weight is 413 g/mol. The van der Waals surface area contributed by atoms with E-state index in [2.05, 4.69) is 5.32 Å². The molecule has 0 saturated carbocycles. The number of rotatable bonds is 8. The second kappa shape index (κ2) is 10.8. The highest BCUT2D eigenvalue weighted by Crippen LogP contribution is 2.37. The van der Waals surface area contributed by atoms with Crippen molar-refractivity contribution in [3.63, 3.8) is 0 Å². The molecule has 0 saturated heterocycles. The number of allylic oxidation sites excluding steroid dienone is 4. The van der Waals surface area contributed by atoms with E-state index in [1.807, 2.05) is 51.1 Å². The largest absolute Gasteiger partial charge is 0.346 e. The molecule has 30 heavy (non-hydrogen) atoms. The predicted molar refractivity (Wildman–Crippen MR) is 121 cm³/mol. The van der Waals surface area contributed by atoms with Crippen LogP contribution in [-0.2, 0) is 4.79 Å². The molecule has 160 valence electrons. The summed E-state index contributed by atoms with van der Waals surface area (Å²) in [7, 11) is 0. The lowest BCUT2D eigenvalue weighted by Crippen LogP contribution is -2.31. The Morgan fingerprint density at radius 2 is 2.13 bits per heavy atom. The van der Waals surface area contributed by atoms with Crippen molar-refractivity contribution in [1.29, 1.82) is 5.41 Å². The molecule has 0 radical (unpaired) electrons. The molecule has 0 spiro atoms. The monoisotopic (exact) mass is 412 g/mol. The van der Waals surface area contributed by atoms with Crippen molar-refractivity contribution >= 4 is 23.8 Å². The van der Waals surface area contributed by atoms with E-state index in [9.17, 15) is 13.6 Å². The molecule has 0 heterocycles. The van der Waals surface area contributed by atoms with Gasteiger partial charge in [0.25, 0.3) is 11.8 Å². The van der Waals surface area contributed by atoms with E-state index in [0.717, 1.165) is 28.7 Å². The van der Waals surface area contributed by atoms with Crippen molar-refractivity contribution < 1.29 is 13.6 Å². The Morgan fingerprint density at radius 1 is 1.37 bits per heavy atom. The first-order valence-electron chi connectivity index (χ1n) is 10.3. The normalized spacial score (nSPS) is 17.8. The van der Waals surface area contributed by atoms with Gasteiger partial charge in [-0.2, -0.15) is 0 Å². The fourth-order valence-electron chi connectivity index (χ4n) is 3.36. The lowest BCUT2D eigenvalue weighted by molar-refractivity contribution is -0.117. The summed E-state index contributed by atoms with van der Waals surface area (Å²) in [5, 5.41) is 9.97. The maximum Gasteiger partial charge on any atom is 0.251 e.